The molecule has 2 aromatic rings. The van der Waals surface area contributed by atoms with Gasteiger partial charge in [-0.25, -0.2) is 4.98 Å². The smallest absolute Gasteiger partial charge is 0.130 e. The van der Waals surface area contributed by atoms with Crippen LogP contribution in [0.1, 0.15) is 25.8 Å². The van der Waals surface area contributed by atoms with Crippen LogP contribution in [0.4, 0.5) is 5.82 Å². The molecular weight excluding hydrogens is 246 g/mol. The van der Waals surface area contributed by atoms with Crippen LogP contribution in [0.15, 0.2) is 30.3 Å². The Bertz CT molecular complexity index is 661. The van der Waals surface area contributed by atoms with Crippen molar-refractivity contribution in [2.45, 2.75) is 20.3 Å². The highest BCUT2D eigenvalue weighted by molar-refractivity contribution is 5.86. The molecule has 1 fully saturated rings. The van der Waals surface area contributed by atoms with Crippen molar-refractivity contribution in [3.8, 4) is 6.07 Å². The Balaban J connectivity index is 2.06. The van der Waals surface area contributed by atoms with Gasteiger partial charge in [-0.2, -0.15) is 5.26 Å². The van der Waals surface area contributed by atoms with Gasteiger partial charge in [0.05, 0.1) is 17.1 Å². The second-order valence-electron chi connectivity index (χ2n) is 6.01. The lowest BCUT2D eigenvalue weighted by Gasteiger charge is -2.36. The monoisotopic (exact) mass is 265 g/mol. The van der Waals surface area contributed by atoms with Crippen LogP contribution in [0.5, 0.6) is 0 Å². The number of nitriles is 1. The van der Waals surface area contributed by atoms with Crippen molar-refractivity contribution in [3.63, 3.8) is 0 Å². The van der Waals surface area contributed by atoms with Gasteiger partial charge in [0.1, 0.15) is 5.82 Å². The lowest BCUT2D eigenvalue weighted by molar-refractivity contribution is 0.355. The number of hydrogen-bond acceptors (Lipinski definition) is 3. The fourth-order valence-electron chi connectivity index (χ4n) is 3.27. The molecule has 0 radical (unpaired) electrons. The molecule has 102 valence electrons. The van der Waals surface area contributed by atoms with E-state index in [0.717, 1.165) is 35.4 Å². The summed E-state index contributed by atoms with van der Waals surface area (Å²) < 4.78 is 0. The van der Waals surface area contributed by atoms with Crippen molar-refractivity contribution < 1.29 is 0 Å². The number of rotatable bonds is 1. The Morgan fingerprint density at radius 2 is 1.90 bits per heavy atom. The zero-order chi connectivity index (χ0) is 14.1. The average molecular weight is 265 g/mol. The van der Waals surface area contributed by atoms with Gasteiger partial charge in [-0.05, 0) is 30.4 Å². The third-order valence-electron chi connectivity index (χ3n) is 4.02. The summed E-state index contributed by atoms with van der Waals surface area (Å²) >= 11 is 0. The normalized spacial score (nSPS) is 22.8. The topological polar surface area (TPSA) is 39.9 Å². The molecule has 2 heterocycles. The van der Waals surface area contributed by atoms with E-state index in [2.05, 4.69) is 24.8 Å². The fraction of sp³-hybridized carbons (Fsp3) is 0.412. The van der Waals surface area contributed by atoms with Gasteiger partial charge in [0, 0.05) is 18.5 Å². The van der Waals surface area contributed by atoms with Gasteiger partial charge in [-0.3, -0.25) is 0 Å². The summed E-state index contributed by atoms with van der Waals surface area (Å²) in [4.78, 5) is 7.08. The van der Waals surface area contributed by atoms with E-state index in [9.17, 15) is 5.26 Å². The van der Waals surface area contributed by atoms with E-state index in [4.69, 9.17) is 4.98 Å². The molecule has 0 unspecified atom stereocenters. The number of nitrogens with zero attached hydrogens (tertiary/aromatic N) is 3. The minimum absolute atomic E-state index is 0.678. The van der Waals surface area contributed by atoms with Crippen LogP contribution in [0.25, 0.3) is 10.9 Å². The third kappa shape index (κ3) is 2.34. The maximum Gasteiger partial charge on any atom is 0.130 e. The van der Waals surface area contributed by atoms with Gasteiger partial charge < -0.3 is 4.90 Å². The number of para-hydroxylation sites is 1. The molecule has 2 atom stereocenters. The fourth-order valence-corrected chi connectivity index (χ4v) is 3.27. The quantitative estimate of drug-likeness (QED) is 0.791. The number of pyridine rings is 1. The summed E-state index contributed by atoms with van der Waals surface area (Å²) in [6, 6.07) is 12.1. The lowest BCUT2D eigenvalue weighted by Crippen LogP contribution is -2.39. The molecule has 0 saturated carbocycles. The van der Waals surface area contributed by atoms with E-state index in [1.807, 2.05) is 30.3 Å². The Hall–Kier alpha value is -2.08. The number of fused-ring (bicyclic) bond motifs is 1. The van der Waals surface area contributed by atoms with Crippen LogP contribution >= 0.6 is 0 Å². The summed E-state index contributed by atoms with van der Waals surface area (Å²) in [6.07, 6.45) is 1.27. The van der Waals surface area contributed by atoms with Crippen LogP contribution in [0.2, 0.25) is 0 Å². The maximum absolute atomic E-state index is 9.37. The summed E-state index contributed by atoms with van der Waals surface area (Å²) in [6.45, 7) is 6.63. The third-order valence-corrected chi connectivity index (χ3v) is 4.02. The van der Waals surface area contributed by atoms with Crippen molar-refractivity contribution in [1.82, 2.24) is 4.98 Å². The van der Waals surface area contributed by atoms with Gasteiger partial charge >= 0.3 is 0 Å². The van der Waals surface area contributed by atoms with Gasteiger partial charge in [0.2, 0.25) is 0 Å². The first-order valence-electron chi connectivity index (χ1n) is 7.22. The minimum Gasteiger partial charge on any atom is -0.356 e. The molecule has 0 bridgehead atoms. The molecule has 3 nitrogen and oxygen atoms in total. The molecule has 3 rings (SSSR count). The zero-order valence-corrected chi connectivity index (χ0v) is 12.0. The Morgan fingerprint density at radius 1 is 1.20 bits per heavy atom. The number of piperidine rings is 1. The second kappa shape index (κ2) is 5.13. The highest BCUT2D eigenvalue weighted by Crippen LogP contribution is 2.28. The first-order valence-corrected chi connectivity index (χ1v) is 7.22. The second-order valence-corrected chi connectivity index (χ2v) is 6.01. The average Bonchev–Trinajstić information content (AvgIpc) is 2.45. The van der Waals surface area contributed by atoms with Crippen LogP contribution in [-0.4, -0.2) is 18.1 Å². The van der Waals surface area contributed by atoms with Crippen LogP contribution < -0.4 is 4.90 Å². The van der Waals surface area contributed by atoms with Crippen molar-refractivity contribution in [1.29, 1.82) is 5.26 Å². The van der Waals surface area contributed by atoms with E-state index >= 15 is 0 Å². The Labute approximate surface area is 119 Å². The van der Waals surface area contributed by atoms with Crippen LogP contribution in [-0.2, 0) is 0 Å². The number of anilines is 1. The summed E-state index contributed by atoms with van der Waals surface area (Å²) in [5.41, 5.74) is 1.63. The number of aromatic nitrogens is 1. The standard InChI is InChI=1S/C17H19N3/c1-12-7-13(2)11-20(10-12)17-8-14(9-18)15-5-3-4-6-16(15)19-17/h3-6,8,12-13H,7,10-11H2,1-2H3/t12-,13-/m1/s1. The first-order chi connectivity index (χ1) is 9.67. The summed E-state index contributed by atoms with van der Waals surface area (Å²) in [5.74, 6) is 2.30. The highest BCUT2D eigenvalue weighted by Gasteiger charge is 2.23. The van der Waals surface area contributed by atoms with Gasteiger partial charge in [0.15, 0.2) is 0 Å². The van der Waals surface area contributed by atoms with Gasteiger partial charge in [-0.15, -0.1) is 0 Å². The summed E-state index contributed by atoms with van der Waals surface area (Å²) in [5, 5.41) is 10.3. The molecular formula is C17H19N3. The number of hydrogen-bond donors (Lipinski definition) is 0. The summed E-state index contributed by atoms with van der Waals surface area (Å²) in [7, 11) is 0. The molecule has 0 aliphatic carbocycles. The molecule has 1 saturated heterocycles. The van der Waals surface area contributed by atoms with Crippen molar-refractivity contribution in [3.05, 3.63) is 35.9 Å². The molecule has 0 amide bonds. The Morgan fingerprint density at radius 3 is 2.60 bits per heavy atom. The maximum atomic E-state index is 9.37. The number of benzene rings is 1. The predicted octanol–water partition coefficient (Wildman–Crippen LogP) is 3.59. The van der Waals surface area contributed by atoms with Crippen molar-refractivity contribution in [2.75, 3.05) is 18.0 Å². The van der Waals surface area contributed by atoms with Crippen LogP contribution in [0.3, 0.4) is 0 Å². The molecule has 0 spiro atoms. The van der Waals surface area contributed by atoms with E-state index in [0.29, 0.717) is 11.8 Å². The molecule has 20 heavy (non-hydrogen) atoms. The van der Waals surface area contributed by atoms with E-state index in [-0.39, 0.29) is 0 Å². The van der Waals surface area contributed by atoms with Gasteiger partial charge in [-0.1, -0.05) is 32.0 Å². The zero-order valence-electron chi connectivity index (χ0n) is 12.0. The van der Waals surface area contributed by atoms with Gasteiger partial charge in [0.25, 0.3) is 0 Å². The Kier molecular flexibility index (Phi) is 3.31. The lowest BCUT2D eigenvalue weighted by atomic mass is 9.92. The molecule has 1 aliphatic heterocycles. The van der Waals surface area contributed by atoms with Crippen molar-refractivity contribution in [2.24, 2.45) is 11.8 Å². The van der Waals surface area contributed by atoms with E-state index < -0.39 is 0 Å². The minimum atomic E-state index is 0.678. The molecule has 1 aromatic carbocycles. The first kappa shape index (κ1) is 12.9. The largest absolute Gasteiger partial charge is 0.356 e. The predicted molar refractivity (Wildman–Crippen MR) is 81.6 cm³/mol. The molecule has 0 N–H and O–H groups in total. The molecule has 3 heteroatoms. The van der Waals surface area contributed by atoms with E-state index in [1.54, 1.807) is 0 Å². The van der Waals surface area contributed by atoms with E-state index in [1.165, 1.54) is 6.42 Å². The molecule has 1 aliphatic rings. The SMILES string of the molecule is C[C@@H]1C[C@@H](C)CN(c2cc(C#N)c3ccccc3n2)C1. The highest BCUT2D eigenvalue weighted by atomic mass is 15.2. The molecule has 1 aromatic heterocycles. The van der Waals surface area contributed by atoms with Crippen LogP contribution in [0, 0.1) is 23.2 Å². The van der Waals surface area contributed by atoms with Crippen molar-refractivity contribution >= 4 is 16.7 Å².